The zero-order valence-corrected chi connectivity index (χ0v) is 18.8. The van der Waals surface area contributed by atoms with Crippen LogP contribution < -0.4 is 10.6 Å². The lowest BCUT2D eigenvalue weighted by molar-refractivity contribution is -0.125. The number of rotatable bonds is 9. The summed E-state index contributed by atoms with van der Waals surface area (Å²) >= 11 is 1.68. The molecule has 2 heterocycles. The zero-order chi connectivity index (χ0) is 21.5. The van der Waals surface area contributed by atoms with Gasteiger partial charge in [0.1, 0.15) is 0 Å². The number of carbonyl (C=O) groups is 2. The van der Waals surface area contributed by atoms with Crippen molar-refractivity contribution < 1.29 is 14.3 Å². The molecule has 162 valence electrons. The molecule has 30 heavy (non-hydrogen) atoms. The molecule has 7 heteroatoms. The molecular weight excluding hydrogens is 398 g/mol. The lowest BCUT2D eigenvalue weighted by atomic mass is 10.1. The van der Waals surface area contributed by atoms with Gasteiger partial charge in [-0.3, -0.25) is 14.5 Å². The van der Waals surface area contributed by atoms with E-state index in [4.69, 9.17) is 4.74 Å². The fourth-order valence-electron chi connectivity index (χ4n) is 3.88. The number of carbonyl (C=O) groups excluding carboxylic acids is 2. The van der Waals surface area contributed by atoms with E-state index in [2.05, 4.69) is 21.6 Å². The normalized spacial score (nSPS) is 16.1. The summed E-state index contributed by atoms with van der Waals surface area (Å²) in [5, 5.41) is 7.72. The molecule has 0 radical (unpaired) electrons. The van der Waals surface area contributed by atoms with Gasteiger partial charge in [0.25, 0.3) is 0 Å². The number of aryl methyl sites for hydroxylation is 3. The van der Waals surface area contributed by atoms with Crippen LogP contribution in [-0.4, -0.2) is 49.1 Å². The van der Waals surface area contributed by atoms with Crippen LogP contribution in [-0.2, 0) is 20.9 Å². The number of ether oxygens (including phenoxy) is 1. The van der Waals surface area contributed by atoms with Crippen LogP contribution >= 0.6 is 11.3 Å². The molecule has 1 aliphatic rings. The first-order valence-electron chi connectivity index (χ1n) is 10.4. The third-order valence-corrected chi connectivity index (χ3v) is 6.06. The van der Waals surface area contributed by atoms with Crippen LogP contribution in [0.25, 0.3) is 0 Å². The first-order valence-corrected chi connectivity index (χ1v) is 11.3. The predicted molar refractivity (Wildman–Crippen MR) is 121 cm³/mol. The van der Waals surface area contributed by atoms with E-state index in [9.17, 15) is 9.59 Å². The highest BCUT2D eigenvalue weighted by Crippen LogP contribution is 2.21. The SMILES string of the molecule is Cc1cc(C)c(NC(=O)CNC(=O)CN(Cc2cccs2)CC2CCCO2)c(C)c1. The maximum absolute atomic E-state index is 12.5. The topological polar surface area (TPSA) is 70.7 Å². The minimum atomic E-state index is -0.220. The molecule has 1 unspecified atom stereocenters. The Morgan fingerprint density at radius 2 is 1.97 bits per heavy atom. The molecule has 2 amide bonds. The Kier molecular flexibility index (Phi) is 8.01. The number of hydrogen-bond acceptors (Lipinski definition) is 5. The van der Waals surface area contributed by atoms with Gasteiger partial charge in [0.2, 0.25) is 11.8 Å². The molecule has 3 rings (SSSR count). The quantitative estimate of drug-likeness (QED) is 0.641. The molecular formula is C23H31N3O3S. The molecule has 1 saturated heterocycles. The number of benzene rings is 1. The van der Waals surface area contributed by atoms with E-state index in [0.717, 1.165) is 48.4 Å². The molecule has 6 nitrogen and oxygen atoms in total. The fraction of sp³-hybridized carbons (Fsp3) is 0.478. The van der Waals surface area contributed by atoms with Crippen molar-refractivity contribution in [1.29, 1.82) is 0 Å². The molecule has 1 atom stereocenters. The molecule has 1 aliphatic heterocycles. The number of nitrogens with zero attached hydrogens (tertiary/aromatic N) is 1. The van der Waals surface area contributed by atoms with Gasteiger partial charge < -0.3 is 15.4 Å². The monoisotopic (exact) mass is 429 g/mol. The Morgan fingerprint density at radius 3 is 2.60 bits per heavy atom. The standard InChI is InChI=1S/C23H31N3O3S/c1-16-10-17(2)23(18(3)11-16)25-21(27)12-24-22(28)15-26(13-19-6-4-8-29-19)14-20-7-5-9-30-20/h5,7,9-11,19H,4,6,8,12-15H2,1-3H3,(H,24,28)(H,25,27). The number of amides is 2. The first-order chi connectivity index (χ1) is 14.4. The molecule has 1 fully saturated rings. The lowest BCUT2D eigenvalue weighted by Crippen LogP contribution is -2.42. The van der Waals surface area contributed by atoms with Crippen molar-refractivity contribution >= 4 is 28.8 Å². The molecule has 2 aromatic rings. The first kappa shape index (κ1) is 22.5. The number of anilines is 1. The van der Waals surface area contributed by atoms with Crippen LogP contribution in [0, 0.1) is 20.8 Å². The Bertz CT molecular complexity index is 838. The summed E-state index contributed by atoms with van der Waals surface area (Å²) in [5.41, 5.74) is 4.02. The average Bonchev–Trinajstić information content (AvgIpc) is 3.37. The zero-order valence-electron chi connectivity index (χ0n) is 18.0. The summed E-state index contributed by atoms with van der Waals surface area (Å²) in [5.74, 6) is -0.376. The minimum absolute atomic E-state index is 0.0433. The molecule has 2 N–H and O–H groups in total. The summed E-state index contributed by atoms with van der Waals surface area (Å²) in [6, 6.07) is 8.16. The molecule has 0 spiro atoms. The van der Waals surface area contributed by atoms with E-state index in [-0.39, 0.29) is 31.0 Å². The van der Waals surface area contributed by atoms with Crippen molar-refractivity contribution in [3.05, 3.63) is 51.2 Å². The van der Waals surface area contributed by atoms with Crippen LogP contribution in [0.15, 0.2) is 29.6 Å². The van der Waals surface area contributed by atoms with Gasteiger partial charge in [-0.15, -0.1) is 11.3 Å². The molecule has 0 saturated carbocycles. The Balaban J connectivity index is 1.51. The summed E-state index contributed by atoms with van der Waals surface area (Å²) < 4.78 is 5.75. The van der Waals surface area contributed by atoms with Crippen molar-refractivity contribution in [2.75, 3.05) is 31.6 Å². The lowest BCUT2D eigenvalue weighted by Gasteiger charge is -2.24. The second-order valence-electron chi connectivity index (χ2n) is 7.98. The van der Waals surface area contributed by atoms with Crippen molar-refractivity contribution in [3.8, 4) is 0 Å². The maximum atomic E-state index is 12.5. The minimum Gasteiger partial charge on any atom is -0.377 e. The maximum Gasteiger partial charge on any atom is 0.243 e. The summed E-state index contributed by atoms with van der Waals surface area (Å²) in [6.45, 7) is 8.40. The van der Waals surface area contributed by atoms with Crippen molar-refractivity contribution in [2.45, 2.75) is 46.3 Å². The van der Waals surface area contributed by atoms with E-state index in [1.54, 1.807) is 11.3 Å². The van der Waals surface area contributed by atoms with E-state index >= 15 is 0 Å². The van der Waals surface area contributed by atoms with Gasteiger partial charge in [0, 0.05) is 30.3 Å². The van der Waals surface area contributed by atoms with Gasteiger partial charge >= 0.3 is 0 Å². The van der Waals surface area contributed by atoms with Crippen LogP contribution in [0.4, 0.5) is 5.69 Å². The highest BCUT2D eigenvalue weighted by molar-refractivity contribution is 7.09. The van der Waals surface area contributed by atoms with Crippen molar-refractivity contribution in [1.82, 2.24) is 10.2 Å². The van der Waals surface area contributed by atoms with Crippen molar-refractivity contribution in [3.63, 3.8) is 0 Å². The molecule has 1 aromatic carbocycles. The van der Waals surface area contributed by atoms with Crippen LogP contribution in [0.5, 0.6) is 0 Å². The Morgan fingerprint density at radius 1 is 1.20 bits per heavy atom. The number of hydrogen-bond donors (Lipinski definition) is 2. The third kappa shape index (κ3) is 6.65. The number of nitrogens with one attached hydrogen (secondary N) is 2. The average molecular weight is 430 g/mol. The number of thiophene rings is 1. The van der Waals surface area contributed by atoms with E-state index < -0.39 is 0 Å². The fourth-order valence-corrected chi connectivity index (χ4v) is 4.63. The van der Waals surface area contributed by atoms with Gasteiger partial charge in [-0.05, 0) is 56.2 Å². The Labute approximate surface area is 182 Å². The van der Waals surface area contributed by atoms with Gasteiger partial charge in [-0.1, -0.05) is 23.8 Å². The van der Waals surface area contributed by atoms with Gasteiger partial charge in [0.15, 0.2) is 0 Å². The summed E-state index contributed by atoms with van der Waals surface area (Å²) in [7, 11) is 0. The largest absolute Gasteiger partial charge is 0.377 e. The van der Waals surface area contributed by atoms with Crippen LogP contribution in [0.3, 0.4) is 0 Å². The van der Waals surface area contributed by atoms with Gasteiger partial charge in [-0.2, -0.15) is 0 Å². The van der Waals surface area contributed by atoms with Crippen LogP contribution in [0.1, 0.15) is 34.4 Å². The highest BCUT2D eigenvalue weighted by atomic mass is 32.1. The van der Waals surface area contributed by atoms with Gasteiger partial charge in [-0.25, -0.2) is 0 Å². The summed E-state index contributed by atoms with van der Waals surface area (Å²) in [6.07, 6.45) is 2.27. The third-order valence-electron chi connectivity index (χ3n) is 5.20. The van der Waals surface area contributed by atoms with Gasteiger partial charge in [0.05, 0.1) is 19.2 Å². The van der Waals surface area contributed by atoms with Crippen LogP contribution in [0.2, 0.25) is 0 Å². The second-order valence-corrected chi connectivity index (χ2v) is 9.01. The molecule has 0 bridgehead atoms. The molecule has 1 aromatic heterocycles. The van der Waals surface area contributed by atoms with E-state index in [1.165, 1.54) is 4.88 Å². The highest BCUT2D eigenvalue weighted by Gasteiger charge is 2.21. The predicted octanol–water partition coefficient (Wildman–Crippen LogP) is 3.41. The van der Waals surface area contributed by atoms with E-state index in [1.807, 2.05) is 44.4 Å². The Hall–Kier alpha value is -2.22. The van der Waals surface area contributed by atoms with E-state index in [0.29, 0.717) is 6.54 Å². The van der Waals surface area contributed by atoms with Crippen molar-refractivity contribution in [2.24, 2.45) is 0 Å². The summed E-state index contributed by atoms with van der Waals surface area (Å²) in [4.78, 5) is 28.2. The second kappa shape index (κ2) is 10.7. The molecule has 0 aliphatic carbocycles. The smallest absolute Gasteiger partial charge is 0.243 e.